The van der Waals surface area contributed by atoms with Gasteiger partial charge in [0.05, 0.1) is 11.0 Å². The van der Waals surface area contributed by atoms with E-state index in [-0.39, 0.29) is 6.04 Å². The van der Waals surface area contributed by atoms with Gasteiger partial charge in [0.15, 0.2) is 0 Å². The molecule has 0 saturated carbocycles. The zero-order valence-corrected chi connectivity index (χ0v) is 8.61. The molecule has 3 N–H and O–H groups in total. The molecule has 0 fully saturated rings. The number of nitrogens with zero attached hydrogens (tertiary/aromatic N) is 1. The number of rotatable bonds is 3. The van der Waals surface area contributed by atoms with Gasteiger partial charge in [-0.3, -0.25) is 11.3 Å². The van der Waals surface area contributed by atoms with E-state index in [9.17, 15) is 0 Å². The van der Waals surface area contributed by atoms with E-state index in [1.807, 2.05) is 20.0 Å². The van der Waals surface area contributed by atoms with E-state index >= 15 is 0 Å². The third-order valence-corrected chi connectivity index (χ3v) is 2.69. The summed E-state index contributed by atoms with van der Waals surface area (Å²) in [7, 11) is 0. The smallest absolute Gasteiger partial charge is 0.0897 e. The minimum Gasteiger partial charge on any atom is -0.271 e. The van der Waals surface area contributed by atoms with Crippen LogP contribution in [0, 0.1) is 18.8 Å². The van der Waals surface area contributed by atoms with Crippen molar-refractivity contribution < 1.29 is 0 Å². The lowest BCUT2D eigenvalue weighted by molar-refractivity contribution is 0.576. The van der Waals surface area contributed by atoms with Gasteiger partial charge in [-0.15, -0.1) is 23.2 Å². The predicted molar refractivity (Wildman–Crippen MR) is 55.0 cm³/mol. The summed E-state index contributed by atoms with van der Waals surface area (Å²) in [6.45, 7) is 3.80. The summed E-state index contributed by atoms with van der Waals surface area (Å²) in [6, 6.07) is 0.110. The molecule has 1 atom stereocenters. The Labute approximate surface area is 82.3 Å². The summed E-state index contributed by atoms with van der Waals surface area (Å²) in [5.74, 6) is 11.3. The van der Waals surface area contributed by atoms with E-state index in [2.05, 4.69) is 22.3 Å². The van der Waals surface area contributed by atoms with Gasteiger partial charge in [0.2, 0.25) is 0 Å². The van der Waals surface area contributed by atoms with Crippen LogP contribution in [0.15, 0.2) is 6.20 Å². The van der Waals surface area contributed by atoms with Crippen LogP contribution in [0.3, 0.4) is 0 Å². The number of hydrogen-bond donors (Lipinski definition) is 2. The maximum absolute atomic E-state index is 5.42. The first kappa shape index (κ1) is 10.2. The van der Waals surface area contributed by atoms with E-state index in [1.54, 1.807) is 11.3 Å². The van der Waals surface area contributed by atoms with Crippen LogP contribution >= 0.6 is 11.3 Å². The van der Waals surface area contributed by atoms with Crippen molar-refractivity contribution >= 4 is 11.3 Å². The Morgan fingerprint density at radius 2 is 2.54 bits per heavy atom. The highest BCUT2D eigenvalue weighted by atomic mass is 32.1. The Balaban J connectivity index is 2.70. The fourth-order valence-corrected chi connectivity index (χ4v) is 1.83. The molecule has 0 spiro atoms. The monoisotopic (exact) mass is 195 g/mol. The molecule has 70 valence electrons. The highest BCUT2D eigenvalue weighted by Gasteiger charge is 2.10. The van der Waals surface area contributed by atoms with Crippen LogP contribution in [0.5, 0.6) is 0 Å². The van der Waals surface area contributed by atoms with Crippen molar-refractivity contribution in [3.8, 4) is 11.8 Å². The van der Waals surface area contributed by atoms with Gasteiger partial charge in [0, 0.05) is 17.5 Å². The molecule has 0 aliphatic carbocycles. The highest BCUT2D eigenvalue weighted by molar-refractivity contribution is 7.11. The molecular formula is C9H13N3S. The van der Waals surface area contributed by atoms with Gasteiger partial charge >= 0.3 is 0 Å². The van der Waals surface area contributed by atoms with Crippen LogP contribution in [0.4, 0.5) is 0 Å². The van der Waals surface area contributed by atoms with E-state index in [0.717, 1.165) is 16.3 Å². The maximum atomic E-state index is 5.42. The third-order valence-electron chi connectivity index (χ3n) is 1.67. The average Bonchev–Trinajstić information content (AvgIpc) is 2.54. The second kappa shape index (κ2) is 4.97. The zero-order valence-electron chi connectivity index (χ0n) is 7.79. The Kier molecular flexibility index (Phi) is 3.90. The van der Waals surface area contributed by atoms with Crippen LogP contribution in [-0.4, -0.2) is 4.98 Å². The molecule has 1 heterocycles. The Morgan fingerprint density at radius 3 is 3.00 bits per heavy atom. The van der Waals surface area contributed by atoms with Gasteiger partial charge < -0.3 is 0 Å². The van der Waals surface area contributed by atoms with Gasteiger partial charge in [-0.2, -0.15) is 0 Å². The van der Waals surface area contributed by atoms with Gasteiger partial charge in [-0.1, -0.05) is 0 Å². The molecule has 0 aliphatic rings. The van der Waals surface area contributed by atoms with E-state index in [1.165, 1.54) is 0 Å². The quantitative estimate of drug-likeness (QED) is 0.435. The molecule has 1 aromatic heterocycles. The standard InChI is InChI=1S/C9H13N3S/c1-3-4-5-8(12-10)9-6-11-7(2)13-9/h6,8,12H,5,10H2,1-2H3. The number of thiazole rings is 1. The summed E-state index contributed by atoms with van der Waals surface area (Å²) >= 11 is 1.65. The lowest BCUT2D eigenvalue weighted by atomic mass is 10.2. The molecule has 3 nitrogen and oxygen atoms in total. The summed E-state index contributed by atoms with van der Waals surface area (Å²) < 4.78 is 0. The number of nitrogens with two attached hydrogens (primary N) is 1. The third kappa shape index (κ3) is 2.81. The Morgan fingerprint density at radius 1 is 1.77 bits per heavy atom. The van der Waals surface area contributed by atoms with Crippen molar-refractivity contribution in [3.63, 3.8) is 0 Å². The molecular weight excluding hydrogens is 182 g/mol. The second-order valence-corrected chi connectivity index (χ2v) is 3.90. The molecule has 13 heavy (non-hydrogen) atoms. The summed E-state index contributed by atoms with van der Waals surface area (Å²) in [5.41, 5.74) is 2.73. The molecule has 1 unspecified atom stereocenters. The lowest BCUT2D eigenvalue weighted by Crippen LogP contribution is -2.27. The van der Waals surface area contributed by atoms with Crippen LogP contribution in [0.25, 0.3) is 0 Å². The number of hydrogen-bond acceptors (Lipinski definition) is 4. The number of aryl methyl sites for hydroxylation is 1. The number of aromatic nitrogens is 1. The van der Waals surface area contributed by atoms with E-state index < -0.39 is 0 Å². The minimum atomic E-state index is 0.110. The first-order valence-corrected chi connectivity index (χ1v) is 4.87. The second-order valence-electron chi connectivity index (χ2n) is 2.63. The Hall–Kier alpha value is -0.890. The van der Waals surface area contributed by atoms with Gasteiger partial charge in [0.25, 0.3) is 0 Å². The minimum absolute atomic E-state index is 0.110. The van der Waals surface area contributed by atoms with Crippen LogP contribution < -0.4 is 11.3 Å². The first-order chi connectivity index (χ1) is 6.27. The summed E-state index contributed by atoms with van der Waals surface area (Å²) in [6.07, 6.45) is 2.58. The molecule has 0 bridgehead atoms. The molecule has 4 heteroatoms. The van der Waals surface area contributed by atoms with Gasteiger partial charge in [-0.25, -0.2) is 4.98 Å². The fraction of sp³-hybridized carbons (Fsp3) is 0.444. The molecule has 0 saturated heterocycles. The van der Waals surface area contributed by atoms with Crippen molar-refractivity contribution in [2.75, 3.05) is 0 Å². The maximum Gasteiger partial charge on any atom is 0.0897 e. The SMILES string of the molecule is CC#CCC(NN)c1cnc(C)s1. The van der Waals surface area contributed by atoms with Crippen LogP contribution in [-0.2, 0) is 0 Å². The molecule has 1 aromatic rings. The Bertz CT molecular complexity index is 321. The zero-order chi connectivity index (χ0) is 9.68. The number of hydrazine groups is 1. The van der Waals surface area contributed by atoms with E-state index in [0.29, 0.717) is 0 Å². The average molecular weight is 195 g/mol. The molecule has 1 rings (SSSR count). The van der Waals surface area contributed by atoms with Crippen molar-refractivity contribution in [1.29, 1.82) is 0 Å². The predicted octanol–water partition coefficient (Wildman–Crippen LogP) is 1.37. The van der Waals surface area contributed by atoms with Crippen LogP contribution in [0.1, 0.15) is 29.3 Å². The molecule has 0 aromatic carbocycles. The van der Waals surface area contributed by atoms with Crippen molar-refractivity contribution in [2.45, 2.75) is 26.3 Å². The summed E-state index contributed by atoms with van der Waals surface area (Å²) in [5, 5.41) is 1.06. The largest absolute Gasteiger partial charge is 0.271 e. The number of nitrogens with one attached hydrogen (secondary N) is 1. The fourth-order valence-electron chi connectivity index (χ4n) is 0.985. The topological polar surface area (TPSA) is 50.9 Å². The lowest BCUT2D eigenvalue weighted by Gasteiger charge is -2.08. The van der Waals surface area contributed by atoms with Gasteiger partial charge in [0.1, 0.15) is 0 Å². The van der Waals surface area contributed by atoms with Crippen molar-refractivity contribution in [2.24, 2.45) is 5.84 Å². The normalized spacial score (nSPS) is 11.9. The van der Waals surface area contributed by atoms with E-state index in [4.69, 9.17) is 5.84 Å². The highest BCUT2D eigenvalue weighted by Crippen LogP contribution is 2.21. The van der Waals surface area contributed by atoms with Crippen LogP contribution in [0.2, 0.25) is 0 Å². The molecule has 0 aliphatic heterocycles. The molecule has 0 amide bonds. The van der Waals surface area contributed by atoms with Crippen molar-refractivity contribution in [3.05, 3.63) is 16.1 Å². The molecule has 0 radical (unpaired) electrons. The first-order valence-electron chi connectivity index (χ1n) is 4.06. The summed E-state index contributed by atoms with van der Waals surface area (Å²) in [4.78, 5) is 5.31. The van der Waals surface area contributed by atoms with Crippen molar-refractivity contribution in [1.82, 2.24) is 10.4 Å². The van der Waals surface area contributed by atoms with Gasteiger partial charge in [-0.05, 0) is 13.8 Å².